The van der Waals surface area contributed by atoms with E-state index in [1.807, 2.05) is 42.5 Å². The first-order valence-corrected chi connectivity index (χ1v) is 7.62. The van der Waals surface area contributed by atoms with Crippen molar-refractivity contribution in [3.8, 4) is 0 Å². The Labute approximate surface area is 138 Å². The van der Waals surface area contributed by atoms with E-state index in [-0.39, 0.29) is 6.54 Å². The Balaban J connectivity index is 1.57. The third-order valence-electron chi connectivity index (χ3n) is 4.07. The molecule has 0 bridgehead atoms. The number of hydrogen-bond donors (Lipinski definition) is 2. The fourth-order valence-corrected chi connectivity index (χ4v) is 2.80. The normalized spacial score (nSPS) is 11.0. The lowest BCUT2D eigenvalue weighted by molar-refractivity contribution is -0.0647. The third-order valence-corrected chi connectivity index (χ3v) is 4.07. The molecule has 1 aromatic heterocycles. The van der Waals surface area contributed by atoms with Crippen molar-refractivity contribution in [2.45, 2.75) is 6.54 Å². The number of hydrogen-bond acceptors (Lipinski definition) is 3. The molecule has 0 unspecified atom stereocenters. The van der Waals surface area contributed by atoms with E-state index >= 15 is 0 Å². The first-order valence-electron chi connectivity index (χ1n) is 7.62. The van der Waals surface area contributed by atoms with Crippen LogP contribution in [0.4, 0.5) is 0 Å². The van der Waals surface area contributed by atoms with Crippen LogP contribution in [0.15, 0.2) is 66.9 Å². The van der Waals surface area contributed by atoms with Crippen LogP contribution in [-0.2, 0) is 6.54 Å². The van der Waals surface area contributed by atoms with Crippen LogP contribution in [0.25, 0.3) is 21.7 Å². The Kier molecular flexibility index (Phi) is 3.48. The molecule has 0 atom stereocenters. The Hall–Kier alpha value is -3.18. The number of aromatic nitrogens is 2. The fourth-order valence-electron chi connectivity index (χ4n) is 2.80. The molecule has 0 fully saturated rings. The lowest BCUT2D eigenvalue weighted by atomic mass is 10.1. The summed E-state index contributed by atoms with van der Waals surface area (Å²) in [4.78, 5) is 12.4. The van der Waals surface area contributed by atoms with Gasteiger partial charge in [0.25, 0.3) is 5.91 Å². The number of rotatable bonds is 3. The van der Waals surface area contributed by atoms with E-state index in [1.165, 1.54) is 0 Å². The summed E-state index contributed by atoms with van der Waals surface area (Å²) in [5.41, 5.74) is 2.04. The number of carbonyl (C=O) groups is 1. The van der Waals surface area contributed by atoms with E-state index in [2.05, 4.69) is 10.2 Å². The van der Waals surface area contributed by atoms with E-state index < -0.39 is 5.91 Å². The van der Waals surface area contributed by atoms with Crippen LogP contribution in [0.3, 0.4) is 0 Å². The summed E-state index contributed by atoms with van der Waals surface area (Å²) in [6.45, 7) is 0.130. The number of fused-ring (bicyclic) bond motifs is 2. The summed E-state index contributed by atoms with van der Waals surface area (Å²) in [6.07, 6.45) is 1.69. The smallest absolute Gasteiger partial charge is 0.277 e. The number of nitrogens with one attached hydrogen (secondary N) is 1. The minimum absolute atomic E-state index is 0.130. The van der Waals surface area contributed by atoms with Gasteiger partial charge < -0.3 is 0 Å². The average molecular weight is 317 g/mol. The van der Waals surface area contributed by atoms with Gasteiger partial charge in [-0.05, 0) is 34.5 Å². The Bertz CT molecular complexity index is 1040. The molecule has 1 amide bonds. The van der Waals surface area contributed by atoms with Gasteiger partial charge in [-0.1, -0.05) is 42.5 Å². The van der Waals surface area contributed by atoms with Crippen LogP contribution >= 0.6 is 0 Å². The summed E-state index contributed by atoms with van der Waals surface area (Å²) in [5, 5.41) is 20.8. The minimum atomic E-state index is -0.445. The van der Waals surface area contributed by atoms with Crippen LogP contribution in [0.2, 0.25) is 0 Å². The molecular formula is C19H15N3O2. The monoisotopic (exact) mass is 317 g/mol. The topological polar surface area (TPSA) is 69.2 Å². The third kappa shape index (κ3) is 2.61. The number of H-pyrrole nitrogens is 1. The number of benzene rings is 3. The van der Waals surface area contributed by atoms with Crippen LogP contribution in [0.1, 0.15) is 15.9 Å². The highest BCUT2D eigenvalue weighted by atomic mass is 16.5. The van der Waals surface area contributed by atoms with Crippen molar-refractivity contribution >= 4 is 27.6 Å². The first kappa shape index (κ1) is 14.4. The molecule has 4 rings (SSSR count). The molecule has 0 aliphatic heterocycles. The van der Waals surface area contributed by atoms with E-state index in [1.54, 1.807) is 24.4 Å². The lowest BCUT2D eigenvalue weighted by Gasteiger charge is -2.15. The molecule has 4 aromatic rings. The number of hydroxylamine groups is 2. The van der Waals surface area contributed by atoms with Gasteiger partial charge in [-0.15, -0.1) is 0 Å². The van der Waals surface area contributed by atoms with Gasteiger partial charge >= 0.3 is 0 Å². The van der Waals surface area contributed by atoms with E-state index in [4.69, 9.17) is 0 Å². The summed E-state index contributed by atoms with van der Waals surface area (Å²) in [5.74, 6) is -0.445. The zero-order valence-electron chi connectivity index (χ0n) is 12.8. The molecule has 0 saturated carbocycles. The Morgan fingerprint density at radius 2 is 1.79 bits per heavy atom. The van der Waals surface area contributed by atoms with Gasteiger partial charge in [-0.2, -0.15) is 5.10 Å². The van der Waals surface area contributed by atoms with E-state index in [9.17, 15) is 10.0 Å². The molecule has 0 saturated heterocycles. The molecule has 0 aliphatic rings. The molecular weight excluding hydrogens is 302 g/mol. The van der Waals surface area contributed by atoms with Crippen molar-refractivity contribution in [1.29, 1.82) is 0 Å². The zero-order valence-corrected chi connectivity index (χ0v) is 12.8. The van der Waals surface area contributed by atoms with Crippen LogP contribution in [-0.4, -0.2) is 26.4 Å². The highest BCUT2D eigenvalue weighted by Crippen LogP contribution is 2.18. The predicted molar refractivity (Wildman–Crippen MR) is 91.7 cm³/mol. The standard InChI is InChI=1S/C19H15N3O2/c23-19(16-7-8-17-11-20-21-18(17)10-16)22(24)12-13-5-6-14-3-1-2-4-15(14)9-13/h1-11,24H,12H2,(H,20,21). The summed E-state index contributed by atoms with van der Waals surface area (Å²) in [7, 11) is 0. The molecule has 1 heterocycles. The van der Waals surface area contributed by atoms with Crippen LogP contribution in [0, 0.1) is 0 Å². The minimum Gasteiger partial charge on any atom is -0.285 e. The maximum Gasteiger partial charge on any atom is 0.277 e. The maximum atomic E-state index is 12.4. The molecule has 118 valence electrons. The van der Waals surface area contributed by atoms with Gasteiger partial charge in [0, 0.05) is 10.9 Å². The van der Waals surface area contributed by atoms with Crippen molar-refractivity contribution in [2.75, 3.05) is 0 Å². The number of nitrogens with zero attached hydrogens (tertiary/aromatic N) is 2. The second-order valence-electron chi connectivity index (χ2n) is 5.72. The van der Waals surface area contributed by atoms with Gasteiger partial charge in [0.15, 0.2) is 0 Å². The van der Waals surface area contributed by atoms with E-state index in [0.29, 0.717) is 5.56 Å². The molecule has 2 N–H and O–H groups in total. The second kappa shape index (κ2) is 5.79. The quantitative estimate of drug-likeness (QED) is 0.446. The van der Waals surface area contributed by atoms with Gasteiger partial charge in [0.05, 0.1) is 18.3 Å². The predicted octanol–water partition coefficient (Wildman–Crippen LogP) is 3.75. The molecule has 5 nitrogen and oxygen atoms in total. The van der Waals surface area contributed by atoms with Gasteiger partial charge in [-0.25, -0.2) is 5.06 Å². The average Bonchev–Trinajstić information content (AvgIpc) is 3.08. The highest BCUT2D eigenvalue weighted by molar-refractivity contribution is 5.97. The maximum absolute atomic E-state index is 12.4. The molecule has 24 heavy (non-hydrogen) atoms. The summed E-state index contributed by atoms with van der Waals surface area (Å²) in [6, 6.07) is 19.0. The highest BCUT2D eigenvalue weighted by Gasteiger charge is 2.15. The van der Waals surface area contributed by atoms with Gasteiger partial charge in [-0.3, -0.25) is 15.1 Å². The second-order valence-corrected chi connectivity index (χ2v) is 5.72. The van der Waals surface area contributed by atoms with E-state index in [0.717, 1.165) is 32.3 Å². The SMILES string of the molecule is O=C(c1ccc2cn[nH]c2c1)N(O)Cc1ccc2ccccc2c1. The van der Waals surface area contributed by atoms with Crippen LogP contribution in [0.5, 0.6) is 0 Å². The molecule has 0 radical (unpaired) electrons. The number of carbonyl (C=O) groups excluding carboxylic acids is 1. The number of amides is 1. The molecule has 0 spiro atoms. The first-order chi connectivity index (χ1) is 11.7. The van der Waals surface area contributed by atoms with Crippen molar-refractivity contribution < 1.29 is 10.0 Å². The van der Waals surface area contributed by atoms with Crippen molar-refractivity contribution in [1.82, 2.24) is 15.3 Å². The fraction of sp³-hybridized carbons (Fsp3) is 0.0526. The Morgan fingerprint density at radius 3 is 2.67 bits per heavy atom. The summed E-state index contributed by atoms with van der Waals surface area (Å²) < 4.78 is 0. The number of aromatic amines is 1. The Morgan fingerprint density at radius 1 is 1.00 bits per heavy atom. The molecule has 3 aromatic carbocycles. The molecule has 5 heteroatoms. The molecule has 0 aliphatic carbocycles. The largest absolute Gasteiger partial charge is 0.285 e. The van der Waals surface area contributed by atoms with Crippen molar-refractivity contribution in [2.24, 2.45) is 0 Å². The van der Waals surface area contributed by atoms with Crippen molar-refractivity contribution in [3.05, 3.63) is 78.0 Å². The summed E-state index contributed by atoms with van der Waals surface area (Å²) >= 11 is 0. The lowest BCUT2D eigenvalue weighted by Crippen LogP contribution is -2.26. The van der Waals surface area contributed by atoms with Crippen molar-refractivity contribution in [3.63, 3.8) is 0 Å². The van der Waals surface area contributed by atoms with Gasteiger partial charge in [0.1, 0.15) is 0 Å². The van der Waals surface area contributed by atoms with Gasteiger partial charge in [0.2, 0.25) is 0 Å². The zero-order chi connectivity index (χ0) is 16.5. The van der Waals surface area contributed by atoms with Crippen LogP contribution < -0.4 is 0 Å².